The monoisotopic (exact) mass is 369 g/mol. The van der Waals surface area contributed by atoms with Gasteiger partial charge in [0.2, 0.25) is 0 Å². The van der Waals surface area contributed by atoms with E-state index in [0.29, 0.717) is 22.6 Å². The summed E-state index contributed by atoms with van der Waals surface area (Å²) in [5.41, 5.74) is 15.3. The number of benzene rings is 3. The fourth-order valence-corrected chi connectivity index (χ4v) is 3.14. The number of nitrogens with zero attached hydrogens (tertiary/aromatic N) is 2. The summed E-state index contributed by atoms with van der Waals surface area (Å²) in [5, 5.41) is 11.5. The smallest absolute Gasteiger partial charge is 0.199 e. The highest BCUT2D eigenvalue weighted by molar-refractivity contribution is 6.21. The van der Waals surface area contributed by atoms with Crippen LogP contribution < -0.4 is 11.5 Å². The molecule has 0 saturated heterocycles. The van der Waals surface area contributed by atoms with Crippen molar-refractivity contribution in [3.05, 3.63) is 90.0 Å². The fraction of sp³-hybridized carbons (Fsp3) is 0. The molecule has 0 spiro atoms. The van der Waals surface area contributed by atoms with E-state index in [9.17, 15) is 5.11 Å². The maximum atomic E-state index is 10.6. The molecule has 0 amide bonds. The lowest BCUT2D eigenvalue weighted by molar-refractivity contribution is 0.457. The number of hydrogen-bond acceptors (Lipinski definition) is 3. The average molecular weight is 369 g/mol. The second-order valence-electron chi connectivity index (χ2n) is 6.28. The number of nitrogens with two attached hydrogens (primary N) is 2. The molecule has 0 fully saturated rings. The highest BCUT2D eigenvalue weighted by Gasteiger charge is 2.18. The van der Waals surface area contributed by atoms with Crippen LogP contribution in [0.3, 0.4) is 0 Å². The molecule has 1 heterocycles. The maximum Gasteiger partial charge on any atom is 0.199 e. The van der Waals surface area contributed by atoms with Crippen LogP contribution in [0.2, 0.25) is 0 Å². The molecule has 1 aromatic heterocycles. The molecule has 6 heteroatoms. The van der Waals surface area contributed by atoms with Crippen LogP contribution in [0.4, 0.5) is 11.4 Å². The van der Waals surface area contributed by atoms with Gasteiger partial charge in [-0.15, -0.1) is 0 Å². The van der Waals surface area contributed by atoms with Crippen molar-refractivity contribution in [2.45, 2.75) is 0 Å². The van der Waals surface area contributed by atoms with Gasteiger partial charge in [-0.05, 0) is 24.3 Å². The Labute approximate surface area is 161 Å². The van der Waals surface area contributed by atoms with Crippen LogP contribution in [-0.2, 0) is 0 Å². The molecule has 4 aromatic rings. The largest absolute Gasteiger partial charge is 0.494 e. The Morgan fingerprint density at radius 1 is 0.786 bits per heavy atom. The van der Waals surface area contributed by atoms with Gasteiger partial charge in [0.1, 0.15) is 0 Å². The summed E-state index contributed by atoms with van der Waals surface area (Å²) in [6.45, 7) is 0. The van der Waals surface area contributed by atoms with Gasteiger partial charge in [-0.1, -0.05) is 54.6 Å². The lowest BCUT2D eigenvalue weighted by Gasteiger charge is -2.08. The first-order chi connectivity index (χ1) is 13.6. The molecule has 0 saturated carbocycles. The molecule has 3 aromatic carbocycles. The van der Waals surface area contributed by atoms with Crippen molar-refractivity contribution in [3.8, 4) is 5.88 Å². The topological polar surface area (TPSA) is 113 Å². The van der Waals surface area contributed by atoms with Crippen LogP contribution in [0.1, 0.15) is 11.1 Å². The van der Waals surface area contributed by atoms with E-state index in [2.05, 4.69) is 9.98 Å². The lowest BCUT2D eigenvalue weighted by atomic mass is 10.0. The first kappa shape index (κ1) is 17.4. The Kier molecular flexibility index (Phi) is 4.51. The average Bonchev–Trinajstić information content (AvgIpc) is 3.02. The molecule has 0 atom stereocenters. The molecule has 4 rings (SSSR count). The molecular weight excluding hydrogens is 350 g/mol. The Hall–Kier alpha value is -4.06. The molecule has 6 N–H and O–H groups in total. The van der Waals surface area contributed by atoms with Gasteiger partial charge in [0.05, 0.1) is 22.6 Å². The molecule has 0 unspecified atom stereocenters. The zero-order valence-corrected chi connectivity index (χ0v) is 15.0. The second kappa shape index (κ2) is 7.28. The van der Waals surface area contributed by atoms with E-state index in [1.807, 2.05) is 66.7 Å². The Morgan fingerprint density at radius 2 is 1.46 bits per heavy atom. The van der Waals surface area contributed by atoms with Crippen molar-refractivity contribution in [2.75, 3.05) is 0 Å². The summed E-state index contributed by atoms with van der Waals surface area (Å²) in [6, 6.07) is 24.7. The molecule has 0 aliphatic carbocycles. The zero-order valence-electron chi connectivity index (χ0n) is 15.0. The van der Waals surface area contributed by atoms with Crippen molar-refractivity contribution in [1.82, 2.24) is 4.98 Å². The quantitative estimate of drug-likeness (QED) is 0.323. The van der Waals surface area contributed by atoms with Gasteiger partial charge < -0.3 is 21.6 Å². The summed E-state index contributed by atoms with van der Waals surface area (Å²) in [6.07, 6.45) is 0. The van der Waals surface area contributed by atoms with Crippen molar-refractivity contribution in [2.24, 2.45) is 21.5 Å². The number of H-pyrrole nitrogens is 1. The number of aromatic nitrogens is 1. The minimum Gasteiger partial charge on any atom is -0.494 e. The minimum atomic E-state index is -0.0151. The Morgan fingerprint density at radius 3 is 2.21 bits per heavy atom. The standard InChI is InChI=1S/C22H19N5O/c23-22(24)26-16-10-6-9-15(13-16)25-20(14-7-2-1-3-8-14)19-17-11-4-5-12-18(17)27-21(19)28/h1-13,27-28H,(H4,23,24,26). The third kappa shape index (κ3) is 3.43. The first-order valence-electron chi connectivity index (χ1n) is 8.75. The van der Waals surface area contributed by atoms with Gasteiger partial charge in [-0.2, -0.15) is 0 Å². The van der Waals surface area contributed by atoms with E-state index >= 15 is 0 Å². The van der Waals surface area contributed by atoms with Gasteiger partial charge in [-0.25, -0.2) is 9.98 Å². The van der Waals surface area contributed by atoms with Gasteiger partial charge in [0.25, 0.3) is 0 Å². The molecule has 6 nitrogen and oxygen atoms in total. The number of hydrogen-bond donors (Lipinski definition) is 4. The van der Waals surface area contributed by atoms with E-state index in [-0.39, 0.29) is 11.8 Å². The predicted molar refractivity (Wildman–Crippen MR) is 114 cm³/mol. The van der Waals surface area contributed by atoms with E-state index in [1.54, 1.807) is 12.1 Å². The molecule has 0 aliphatic rings. The summed E-state index contributed by atoms with van der Waals surface area (Å²) >= 11 is 0. The molecular formula is C22H19N5O. The summed E-state index contributed by atoms with van der Waals surface area (Å²) in [5.74, 6) is 0.0582. The first-order valence-corrected chi connectivity index (χ1v) is 8.75. The van der Waals surface area contributed by atoms with Crippen molar-refractivity contribution < 1.29 is 5.11 Å². The molecule has 0 aliphatic heterocycles. The van der Waals surface area contributed by atoms with Crippen molar-refractivity contribution in [3.63, 3.8) is 0 Å². The van der Waals surface area contributed by atoms with Crippen molar-refractivity contribution in [1.29, 1.82) is 0 Å². The third-order valence-corrected chi connectivity index (χ3v) is 4.30. The number of aromatic amines is 1. The van der Waals surface area contributed by atoms with Gasteiger partial charge >= 0.3 is 0 Å². The Balaban J connectivity index is 1.94. The number of aromatic hydroxyl groups is 1. The van der Waals surface area contributed by atoms with Crippen LogP contribution in [-0.4, -0.2) is 21.8 Å². The van der Waals surface area contributed by atoms with E-state index < -0.39 is 0 Å². The third-order valence-electron chi connectivity index (χ3n) is 4.30. The molecule has 28 heavy (non-hydrogen) atoms. The van der Waals surface area contributed by atoms with Crippen LogP contribution in [0.5, 0.6) is 5.88 Å². The highest BCUT2D eigenvalue weighted by atomic mass is 16.3. The minimum absolute atomic E-state index is 0.0151. The predicted octanol–water partition coefficient (Wildman–Crippen LogP) is 3.95. The van der Waals surface area contributed by atoms with Gasteiger partial charge in [0.15, 0.2) is 11.8 Å². The highest BCUT2D eigenvalue weighted by Crippen LogP contribution is 2.32. The molecule has 0 radical (unpaired) electrons. The van der Waals surface area contributed by atoms with Crippen LogP contribution in [0.25, 0.3) is 10.9 Å². The van der Waals surface area contributed by atoms with Crippen LogP contribution in [0, 0.1) is 0 Å². The number of rotatable bonds is 4. The fourth-order valence-electron chi connectivity index (χ4n) is 3.14. The number of fused-ring (bicyclic) bond motifs is 1. The van der Waals surface area contributed by atoms with Crippen LogP contribution >= 0.6 is 0 Å². The lowest BCUT2D eigenvalue weighted by Crippen LogP contribution is -2.21. The zero-order chi connectivity index (χ0) is 19.5. The number of nitrogens with one attached hydrogen (secondary N) is 1. The number of para-hydroxylation sites is 1. The molecule has 138 valence electrons. The number of guanidine groups is 1. The Bertz CT molecular complexity index is 1190. The van der Waals surface area contributed by atoms with Gasteiger partial charge in [-0.3, -0.25) is 0 Å². The van der Waals surface area contributed by atoms with E-state index in [4.69, 9.17) is 16.5 Å². The number of aliphatic imine (C=N–C) groups is 2. The van der Waals surface area contributed by atoms with E-state index in [0.717, 1.165) is 16.5 Å². The van der Waals surface area contributed by atoms with Crippen LogP contribution in [0.15, 0.2) is 88.8 Å². The SMILES string of the molecule is NC(N)=Nc1cccc(N=C(c2ccccc2)c2c(O)[nH]c3ccccc23)c1. The summed E-state index contributed by atoms with van der Waals surface area (Å²) in [4.78, 5) is 11.9. The second-order valence-corrected chi connectivity index (χ2v) is 6.28. The van der Waals surface area contributed by atoms with Crippen molar-refractivity contribution >= 4 is 33.9 Å². The molecule has 0 bridgehead atoms. The summed E-state index contributed by atoms with van der Waals surface area (Å²) < 4.78 is 0. The maximum absolute atomic E-state index is 10.6. The van der Waals surface area contributed by atoms with Gasteiger partial charge in [0, 0.05) is 16.5 Å². The normalized spacial score (nSPS) is 11.5. The van der Waals surface area contributed by atoms with E-state index in [1.165, 1.54) is 0 Å². The summed E-state index contributed by atoms with van der Waals surface area (Å²) in [7, 11) is 0.